The number of hydrogen-bond acceptors (Lipinski definition) is 3. The number of aromatic nitrogens is 3. The highest BCUT2D eigenvalue weighted by molar-refractivity contribution is 14.0. The zero-order valence-corrected chi connectivity index (χ0v) is 15.9. The molecule has 2 aromatic rings. The number of nitrogens with zero attached hydrogens (tertiary/aromatic N) is 5. The van der Waals surface area contributed by atoms with Gasteiger partial charge < -0.3 is 10.6 Å². The fourth-order valence-electron chi connectivity index (χ4n) is 2.77. The Bertz CT molecular complexity index is 734. The van der Waals surface area contributed by atoms with E-state index in [-0.39, 0.29) is 30.5 Å². The van der Waals surface area contributed by atoms with Gasteiger partial charge in [-0.3, -0.25) is 4.40 Å². The fraction of sp³-hybridized carbons (Fsp3) is 0.533. The van der Waals surface area contributed by atoms with Crippen LogP contribution in [0.4, 0.5) is 13.2 Å². The van der Waals surface area contributed by atoms with E-state index in [0.29, 0.717) is 17.4 Å². The predicted molar refractivity (Wildman–Crippen MR) is 98.8 cm³/mol. The number of fused-ring (bicyclic) bond motifs is 1. The van der Waals surface area contributed by atoms with E-state index in [2.05, 4.69) is 15.2 Å². The molecule has 25 heavy (non-hydrogen) atoms. The predicted octanol–water partition coefficient (Wildman–Crippen LogP) is 3.06. The van der Waals surface area contributed by atoms with Gasteiger partial charge in [-0.2, -0.15) is 13.2 Å². The van der Waals surface area contributed by atoms with Gasteiger partial charge in [0.25, 0.3) is 0 Å². The minimum Gasteiger partial charge on any atom is -0.370 e. The summed E-state index contributed by atoms with van der Waals surface area (Å²) in [7, 11) is 0. The Morgan fingerprint density at radius 2 is 1.80 bits per heavy atom. The van der Waals surface area contributed by atoms with Gasteiger partial charge in [0.05, 0.1) is 5.56 Å². The zero-order valence-electron chi connectivity index (χ0n) is 13.5. The molecule has 1 aliphatic heterocycles. The van der Waals surface area contributed by atoms with Crippen molar-refractivity contribution >= 4 is 35.6 Å². The van der Waals surface area contributed by atoms with Gasteiger partial charge in [0.1, 0.15) is 6.54 Å². The van der Waals surface area contributed by atoms with Crippen molar-refractivity contribution < 1.29 is 13.2 Å². The third-order valence-electron chi connectivity index (χ3n) is 4.11. The normalized spacial score (nSPS) is 16.6. The Kier molecular flexibility index (Phi) is 6.47. The molecule has 0 amide bonds. The second-order valence-corrected chi connectivity index (χ2v) is 5.84. The van der Waals surface area contributed by atoms with Gasteiger partial charge in [-0.1, -0.05) is 12.8 Å². The van der Waals surface area contributed by atoms with Gasteiger partial charge in [-0.05, 0) is 25.0 Å². The van der Waals surface area contributed by atoms with Crippen molar-refractivity contribution in [2.45, 2.75) is 38.4 Å². The highest BCUT2D eigenvalue weighted by Crippen LogP contribution is 2.29. The lowest BCUT2D eigenvalue weighted by Gasteiger charge is -2.20. The Morgan fingerprint density at radius 3 is 2.44 bits per heavy atom. The van der Waals surface area contributed by atoms with Crippen LogP contribution in [0.1, 0.15) is 37.1 Å². The van der Waals surface area contributed by atoms with Crippen molar-refractivity contribution in [3.05, 3.63) is 29.7 Å². The number of aliphatic imine (C=N–C) groups is 1. The van der Waals surface area contributed by atoms with E-state index in [1.165, 1.54) is 23.3 Å². The summed E-state index contributed by atoms with van der Waals surface area (Å²) in [6.07, 6.45) is 1.07. The van der Waals surface area contributed by atoms with Crippen LogP contribution >= 0.6 is 24.0 Å². The van der Waals surface area contributed by atoms with Crippen molar-refractivity contribution in [1.29, 1.82) is 0 Å². The largest absolute Gasteiger partial charge is 0.417 e. The number of rotatable bonds is 2. The van der Waals surface area contributed by atoms with Gasteiger partial charge in [0.2, 0.25) is 0 Å². The summed E-state index contributed by atoms with van der Waals surface area (Å²) in [6.45, 7) is 1.80. The lowest BCUT2D eigenvalue weighted by Crippen LogP contribution is -2.38. The second kappa shape index (κ2) is 8.19. The standard InChI is InChI=1S/C15H19F3N6.HI/c16-15(17,18)11-5-6-12-21-22-13(24(12)10-11)9-20-14(19)23-7-3-1-2-4-8-23;/h5-6,10H,1-4,7-9H2,(H2,19,20);1H. The number of hydrogen-bond donors (Lipinski definition) is 1. The molecule has 0 bridgehead atoms. The van der Waals surface area contributed by atoms with E-state index >= 15 is 0 Å². The van der Waals surface area contributed by atoms with Crippen LogP contribution in [0, 0.1) is 0 Å². The Labute approximate surface area is 160 Å². The molecule has 0 unspecified atom stereocenters. The molecule has 0 aromatic carbocycles. The van der Waals surface area contributed by atoms with Crippen LogP contribution in [-0.2, 0) is 12.7 Å². The van der Waals surface area contributed by atoms with Gasteiger partial charge in [0.15, 0.2) is 17.4 Å². The number of guanidine groups is 1. The fourth-order valence-corrected chi connectivity index (χ4v) is 2.77. The van der Waals surface area contributed by atoms with E-state index in [4.69, 9.17) is 5.73 Å². The van der Waals surface area contributed by atoms with Crippen molar-refractivity contribution in [3.63, 3.8) is 0 Å². The first-order valence-corrected chi connectivity index (χ1v) is 7.91. The summed E-state index contributed by atoms with van der Waals surface area (Å²) in [5.41, 5.74) is 5.62. The van der Waals surface area contributed by atoms with Crippen molar-refractivity contribution in [1.82, 2.24) is 19.5 Å². The number of halogens is 4. The Morgan fingerprint density at radius 1 is 1.12 bits per heavy atom. The molecule has 3 heterocycles. The highest BCUT2D eigenvalue weighted by Gasteiger charge is 2.31. The van der Waals surface area contributed by atoms with Crippen LogP contribution in [0.15, 0.2) is 23.3 Å². The summed E-state index contributed by atoms with van der Waals surface area (Å²) >= 11 is 0. The maximum absolute atomic E-state index is 12.8. The van der Waals surface area contributed by atoms with Crippen LogP contribution in [0.2, 0.25) is 0 Å². The molecule has 0 aliphatic carbocycles. The molecule has 0 radical (unpaired) electrons. The summed E-state index contributed by atoms with van der Waals surface area (Å²) in [6, 6.07) is 2.28. The molecule has 0 atom stereocenters. The third kappa shape index (κ3) is 4.73. The molecule has 3 rings (SSSR count). The lowest BCUT2D eigenvalue weighted by atomic mass is 10.2. The van der Waals surface area contributed by atoms with Gasteiger partial charge in [-0.15, -0.1) is 34.2 Å². The molecule has 2 N–H and O–H groups in total. The monoisotopic (exact) mass is 468 g/mol. The van der Waals surface area contributed by atoms with E-state index in [1.807, 2.05) is 4.90 Å². The van der Waals surface area contributed by atoms with E-state index in [9.17, 15) is 13.2 Å². The van der Waals surface area contributed by atoms with Crippen LogP contribution in [-0.4, -0.2) is 38.5 Å². The summed E-state index contributed by atoms with van der Waals surface area (Å²) < 4.78 is 39.8. The van der Waals surface area contributed by atoms with Gasteiger partial charge >= 0.3 is 6.18 Å². The molecule has 1 fully saturated rings. The van der Waals surface area contributed by atoms with Gasteiger partial charge in [-0.25, -0.2) is 4.99 Å². The summed E-state index contributed by atoms with van der Waals surface area (Å²) in [5.74, 6) is 0.731. The second-order valence-electron chi connectivity index (χ2n) is 5.84. The third-order valence-corrected chi connectivity index (χ3v) is 4.11. The van der Waals surface area contributed by atoms with Crippen LogP contribution < -0.4 is 5.73 Å². The van der Waals surface area contributed by atoms with Crippen molar-refractivity contribution in [2.24, 2.45) is 10.7 Å². The molecule has 138 valence electrons. The number of pyridine rings is 1. The average Bonchev–Trinajstić information content (AvgIpc) is 2.76. The first-order valence-electron chi connectivity index (χ1n) is 7.91. The maximum Gasteiger partial charge on any atom is 0.417 e. The SMILES string of the molecule is I.NC(=NCc1nnc2ccc(C(F)(F)F)cn12)N1CCCCCC1. The quantitative estimate of drug-likeness (QED) is 0.418. The molecular weight excluding hydrogens is 448 g/mol. The Balaban J connectivity index is 0.00000225. The van der Waals surface area contributed by atoms with Crippen LogP contribution in [0.5, 0.6) is 0 Å². The summed E-state index contributed by atoms with van der Waals surface area (Å²) in [5, 5.41) is 7.79. The Hall–Kier alpha value is -1.59. The summed E-state index contributed by atoms with van der Waals surface area (Å²) in [4.78, 5) is 6.30. The topological polar surface area (TPSA) is 71.8 Å². The number of nitrogens with two attached hydrogens (primary N) is 1. The lowest BCUT2D eigenvalue weighted by molar-refractivity contribution is -0.137. The van der Waals surface area contributed by atoms with Crippen LogP contribution in [0.3, 0.4) is 0 Å². The molecule has 0 spiro atoms. The molecular formula is C15H20F3IN6. The van der Waals surface area contributed by atoms with Crippen LogP contribution in [0.25, 0.3) is 5.65 Å². The van der Waals surface area contributed by atoms with Gasteiger partial charge in [0, 0.05) is 19.3 Å². The molecule has 0 saturated carbocycles. The molecule has 2 aromatic heterocycles. The highest BCUT2D eigenvalue weighted by atomic mass is 127. The first-order chi connectivity index (χ1) is 11.4. The van der Waals surface area contributed by atoms with E-state index < -0.39 is 11.7 Å². The zero-order chi connectivity index (χ0) is 17.2. The smallest absolute Gasteiger partial charge is 0.370 e. The molecule has 1 saturated heterocycles. The van der Waals surface area contributed by atoms with Crippen molar-refractivity contribution in [3.8, 4) is 0 Å². The molecule has 6 nitrogen and oxygen atoms in total. The van der Waals surface area contributed by atoms with Crippen molar-refractivity contribution in [2.75, 3.05) is 13.1 Å². The minimum atomic E-state index is -4.41. The maximum atomic E-state index is 12.8. The number of alkyl halides is 3. The average molecular weight is 468 g/mol. The number of likely N-dealkylation sites (tertiary alicyclic amines) is 1. The minimum absolute atomic E-state index is 0. The molecule has 10 heteroatoms. The molecule has 1 aliphatic rings. The van der Waals surface area contributed by atoms with E-state index in [1.54, 1.807) is 0 Å². The first kappa shape index (κ1) is 19.7. The van der Waals surface area contributed by atoms with E-state index in [0.717, 1.165) is 38.2 Å².